The van der Waals surface area contributed by atoms with Gasteiger partial charge in [-0.3, -0.25) is 4.90 Å². The van der Waals surface area contributed by atoms with Gasteiger partial charge < -0.3 is 4.90 Å². The predicted octanol–water partition coefficient (Wildman–Crippen LogP) is 1.84. The molecule has 78 valence electrons. The molecule has 0 fully saturated rings. The number of nitrogens with zero attached hydrogens (tertiary/aromatic N) is 2. The lowest BCUT2D eigenvalue weighted by atomic mass is 10.2. The monoisotopic (exact) mass is 184 g/mol. The van der Waals surface area contributed by atoms with Crippen molar-refractivity contribution < 1.29 is 0 Å². The molecule has 0 aliphatic heterocycles. The van der Waals surface area contributed by atoms with Crippen molar-refractivity contribution >= 4 is 0 Å². The van der Waals surface area contributed by atoms with E-state index < -0.39 is 0 Å². The summed E-state index contributed by atoms with van der Waals surface area (Å²) in [5.74, 6) is 0. The molecule has 0 radical (unpaired) electrons. The SMILES string of the molecule is C/C=C(\C)CN(CC)CCN(C)C. The van der Waals surface area contributed by atoms with Crippen molar-refractivity contribution in [1.29, 1.82) is 0 Å². The molecule has 0 N–H and O–H groups in total. The first kappa shape index (κ1) is 12.7. The molecule has 13 heavy (non-hydrogen) atoms. The van der Waals surface area contributed by atoms with Crippen molar-refractivity contribution in [3.8, 4) is 0 Å². The minimum absolute atomic E-state index is 1.11. The van der Waals surface area contributed by atoms with Gasteiger partial charge in [-0.05, 0) is 34.5 Å². The first-order valence-electron chi connectivity index (χ1n) is 5.09. The standard InChI is InChI=1S/C11H24N2/c1-6-11(3)10-13(7-2)9-8-12(4)5/h6H,7-10H2,1-5H3/b11-6+. The van der Waals surface area contributed by atoms with Crippen LogP contribution in [0.4, 0.5) is 0 Å². The Hall–Kier alpha value is -0.340. The Balaban J connectivity index is 3.76. The minimum Gasteiger partial charge on any atom is -0.308 e. The molecule has 0 heterocycles. The Kier molecular flexibility index (Phi) is 6.92. The summed E-state index contributed by atoms with van der Waals surface area (Å²) >= 11 is 0. The fraction of sp³-hybridized carbons (Fsp3) is 0.818. The molecule has 0 atom stereocenters. The number of hydrogen-bond acceptors (Lipinski definition) is 2. The summed E-state index contributed by atoms with van der Waals surface area (Å²) in [6, 6.07) is 0. The number of likely N-dealkylation sites (N-methyl/N-ethyl adjacent to an activating group) is 2. The Morgan fingerprint density at radius 3 is 2.23 bits per heavy atom. The number of hydrogen-bond donors (Lipinski definition) is 0. The van der Waals surface area contributed by atoms with Gasteiger partial charge in [-0.25, -0.2) is 0 Å². The summed E-state index contributed by atoms with van der Waals surface area (Å²) < 4.78 is 0. The van der Waals surface area contributed by atoms with Crippen molar-refractivity contribution in [2.24, 2.45) is 0 Å². The molecule has 0 saturated carbocycles. The van der Waals surface area contributed by atoms with Crippen LogP contribution < -0.4 is 0 Å². The molecule has 0 aliphatic carbocycles. The van der Waals surface area contributed by atoms with Crippen LogP contribution in [0.15, 0.2) is 11.6 Å². The van der Waals surface area contributed by atoms with Crippen LogP contribution in [0.3, 0.4) is 0 Å². The maximum absolute atomic E-state index is 2.47. The van der Waals surface area contributed by atoms with E-state index in [2.05, 4.69) is 50.7 Å². The fourth-order valence-corrected chi connectivity index (χ4v) is 1.13. The molecule has 2 heteroatoms. The molecule has 0 aromatic carbocycles. The van der Waals surface area contributed by atoms with E-state index in [1.807, 2.05) is 0 Å². The van der Waals surface area contributed by atoms with Crippen molar-refractivity contribution in [1.82, 2.24) is 9.80 Å². The third-order valence-corrected chi connectivity index (χ3v) is 2.28. The largest absolute Gasteiger partial charge is 0.308 e. The average molecular weight is 184 g/mol. The Labute approximate surface area is 83.2 Å². The summed E-state index contributed by atoms with van der Waals surface area (Å²) in [4.78, 5) is 4.70. The van der Waals surface area contributed by atoms with Crippen molar-refractivity contribution in [3.63, 3.8) is 0 Å². The fourth-order valence-electron chi connectivity index (χ4n) is 1.13. The molecule has 2 nitrogen and oxygen atoms in total. The van der Waals surface area contributed by atoms with E-state index in [1.165, 1.54) is 5.57 Å². The zero-order valence-electron chi connectivity index (χ0n) is 9.80. The third kappa shape index (κ3) is 6.79. The highest BCUT2D eigenvalue weighted by Crippen LogP contribution is 1.97. The maximum Gasteiger partial charge on any atom is 0.0190 e. The van der Waals surface area contributed by atoms with Crippen LogP contribution in [-0.4, -0.2) is 50.1 Å². The van der Waals surface area contributed by atoms with E-state index in [-0.39, 0.29) is 0 Å². The lowest BCUT2D eigenvalue weighted by Crippen LogP contribution is -2.32. The van der Waals surface area contributed by atoms with E-state index >= 15 is 0 Å². The van der Waals surface area contributed by atoms with Gasteiger partial charge in [-0.1, -0.05) is 18.6 Å². The van der Waals surface area contributed by atoms with Crippen LogP contribution in [0.1, 0.15) is 20.8 Å². The highest BCUT2D eigenvalue weighted by molar-refractivity contribution is 4.98. The van der Waals surface area contributed by atoms with Gasteiger partial charge in [0.05, 0.1) is 0 Å². The van der Waals surface area contributed by atoms with Crippen LogP contribution in [0.25, 0.3) is 0 Å². The lowest BCUT2D eigenvalue weighted by molar-refractivity contribution is 0.267. The summed E-state index contributed by atoms with van der Waals surface area (Å²) in [5, 5.41) is 0. The molecule has 0 rings (SSSR count). The first-order valence-corrected chi connectivity index (χ1v) is 5.09. The summed E-state index contributed by atoms with van der Waals surface area (Å²) in [6.07, 6.45) is 2.19. The molecule has 0 saturated heterocycles. The normalized spacial score (nSPS) is 13.0. The Bertz CT molecular complexity index is 150. The van der Waals surface area contributed by atoms with Gasteiger partial charge in [0.25, 0.3) is 0 Å². The van der Waals surface area contributed by atoms with Crippen molar-refractivity contribution in [2.75, 3.05) is 40.3 Å². The molecule has 0 aromatic heterocycles. The van der Waals surface area contributed by atoms with Crippen molar-refractivity contribution in [2.45, 2.75) is 20.8 Å². The Morgan fingerprint density at radius 2 is 1.85 bits per heavy atom. The zero-order chi connectivity index (χ0) is 10.3. The van der Waals surface area contributed by atoms with E-state index in [1.54, 1.807) is 0 Å². The van der Waals surface area contributed by atoms with E-state index in [9.17, 15) is 0 Å². The van der Waals surface area contributed by atoms with Gasteiger partial charge in [0.2, 0.25) is 0 Å². The van der Waals surface area contributed by atoms with Crippen LogP contribution in [-0.2, 0) is 0 Å². The highest BCUT2D eigenvalue weighted by Gasteiger charge is 2.02. The van der Waals surface area contributed by atoms with Crippen molar-refractivity contribution in [3.05, 3.63) is 11.6 Å². The smallest absolute Gasteiger partial charge is 0.0190 e. The highest BCUT2D eigenvalue weighted by atomic mass is 15.2. The third-order valence-electron chi connectivity index (χ3n) is 2.28. The van der Waals surface area contributed by atoms with Gasteiger partial charge in [0.15, 0.2) is 0 Å². The van der Waals surface area contributed by atoms with Gasteiger partial charge in [0.1, 0.15) is 0 Å². The van der Waals surface area contributed by atoms with Gasteiger partial charge in [-0.15, -0.1) is 0 Å². The second-order valence-electron chi connectivity index (χ2n) is 3.81. The van der Waals surface area contributed by atoms with Crippen LogP contribution in [0, 0.1) is 0 Å². The second-order valence-corrected chi connectivity index (χ2v) is 3.81. The predicted molar refractivity (Wildman–Crippen MR) is 60.1 cm³/mol. The van der Waals surface area contributed by atoms with Crippen LogP contribution >= 0.6 is 0 Å². The molecule has 0 unspecified atom stereocenters. The van der Waals surface area contributed by atoms with Crippen LogP contribution in [0.2, 0.25) is 0 Å². The summed E-state index contributed by atoms with van der Waals surface area (Å²) in [6.45, 7) is 11.1. The van der Waals surface area contributed by atoms with E-state index in [0.29, 0.717) is 0 Å². The molecular formula is C11H24N2. The molecular weight excluding hydrogens is 160 g/mol. The zero-order valence-corrected chi connectivity index (χ0v) is 9.80. The van der Waals surface area contributed by atoms with Gasteiger partial charge in [0, 0.05) is 19.6 Å². The quantitative estimate of drug-likeness (QED) is 0.581. The average Bonchev–Trinajstić information content (AvgIpc) is 2.11. The lowest BCUT2D eigenvalue weighted by Gasteiger charge is -2.22. The minimum atomic E-state index is 1.11. The summed E-state index contributed by atoms with van der Waals surface area (Å²) in [7, 11) is 4.24. The van der Waals surface area contributed by atoms with E-state index in [0.717, 1.165) is 26.2 Å². The first-order chi connectivity index (χ1) is 6.10. The number of rotatable bonds is 6. The number of allylic oxidation sites excluding steroid dienone is 1. The second kappa shape index (κ2) is 7.10. The van der Waals surface area contributed by atoms with Gasteiger partial charge in [-0.2, -0.15) is 0 Å². The summed E-state index contributed by atoms with van der Waals surface area (Å²) in [5.41, 5.74) is 1.46. The maximum atomic E-state index is 2.47. The molecule has 0 spiro atoms. The molecule has 0 amide bonds. The van der Waals surface area contributed by atoms with E-state index in [4.69, 9.17) is 0 Å². The molecule has 0 aliphatic rings. The van der Waals surface area contributed by atoms with Crippen LogP contribution in [0.5, 0.6) is 0 Å². The Morgan fingerprint density at radius 1 is 1.23 bits per heavy atom. The molecule has 0 bridgehead atoms. The topological polar surface area (TPSA) is 6.48 Å². The molecule has 0 aromatic rings. The van der Waals surface area contributed by atoms with Gasteiger partial charge >= 0.3 is 0 Å².